The molecule has 50 heavy (non-hydrogen) atoms. The molecule has 6 rings (SSSR count). The summed E-state index contributed by atoms with van der Waals surface area (Å²) >= 11 is 6.94. The van der Waals surface area contributed by atoms with Crippen molar-refractivity contribution < 1.29 is 13.9 Å². The summed E-state index contributed by atoms with van der Waals surface area (Å²) in [5, 5.41) is 0.763. The molecule has 0 N–H and O–H groups in total. The number of nitrogens with zero attached hydrogens (tertiary/aromatic N) is 7. The van der Waals surface area contributed by atoms with Crippen molar-refractivity contribution in [2.24, 2.45) is 0 Å². The van der Waals surface area contributed by atoms with Crippen molar-refractivity contribution in [3.8, 4) is 16.9 Å². The summed E-state index contributed by atoms with van der Waals surface area (Å²) in [7, 11) is 0. The Morgan fingerprint density at radius 2 is 1.68 bits per heavy atom. The van der Waals surface area contributed by atoms with Gasteiger partial charge in [0.25, 0.3) is 0 Å². The molecular formula is C38H47ClFN7O3. The Morgan fingerprint density at radius 1 is 0.980 bits per heavy atom. The van der Waals surface area contributed by atoms with Crippen molar-refractivity contribution >= 4 is 40.4 Å². The van der Waals surface area contributed by atoms with E-state index in [0.29, 0.717) is 35.6 Å². The summed E-state index contributed by atoms with van der Waals surface area (Å²) in [6.07, 6.45) is 0.722. The van der Waals surface area contributed by atoms with Crippen LogP contribution in [0.15, 0.2) is 41.2 Å². The van der Waals surface area contributed by atoms with Crippen LogP contribution < -0.4 is 15.5 Å². The fraction of sp³-hybridized carbons (Fsp3) is 0.500. The highest BCUT2D eigenvalue weighted by Crippen LogP contribution is 2.39. The first-order valence-corrected chi connectivity index (χ1v) is 17.9. The molecule has 2 saturated heterocycles. The highest BCUT2D eigenvalue weighted by atomic mass is 35.5. The third kappa shape index (κ3) is 6.64. The first kappa shape index (κ1) is 35.6. The van der Waals surface area contributed by atoms with Gasteiger partial charge in [-0.1, -0.05) is 51.4 Å². The lowest BCUT2D eigenvalue weighted by atomic mass is 9.96. The van der Waals surface area contributed by atoms with Crippen molar-refractivity contribution in [1.82, 2.24) is 24.4 Å². The zero-order valence-corrected chi connectivity index (χ0v) is 31.2. The number of halogens is 2. The molecule has 1 amide bonds. The maximum absolute atomic E-state index is 15.3. The second-order valence-corrected chi connectivity index (χ2v) is 15.6. The lowest BCUT2D eigenvalue weighted by Crippen LogP contribution is -2.59. The highest BCUT2D eigenvalue weighted by molar-refractivity contribution is 6.33. The second kappa shape index (κ2) is 13.5. The molecule has 0 aliphatic carbocycles. The number of piperazine rings is 1. The van der Waals surface area contributed by atoms with Gasteiger partial charge < -0.3 is 19.4 Å². The maximum atomic E-state index is 15.3. The summed E-state index contributed by atoms with van der Waals surface area (Å²) in [4.78, 5) is 48.6. The lowest BCUT2D eigenvalue weighted by molar-refractivity contribution is 0.0130. The van der Waals surface area contributed by atoms with Gasteiger partial charge in [-0.05, 0) is 82.7 Å². The van der Waals surface area contributed by atoms with Crippen molar-refractivity contribution in [1.29, 1.82) is 0 Å². The number of benzene rings is 1. The number of amides is 1. The quantitative estimate of drug-likeness (QED) is 0.200. The van der Waals surface area contributed by atoms with Crippen LogP contribution >= 0.6 is 11.6 Å². The molecule has 0 saturated carbocycles. The molecule has 4 aromatic rings. The van der Waals surface area contributed by atoms with Gasteiger partial charge in [0.15, 0.2) is 5.65 Å². The predicted octanol–water partition coefficient (Wildman–Crippen LogP) is 7.93. The molecule has 2 atom stereocenters. The fourth-order valence-corrected chi connectivity index (χ4v) is 6.98. The Bertz CT molecular complexity index is 1970. The standard InChI is InChI=1S/C38H47ClFN7O3/c1-21(2)26-18-30(44-15-12-16-44)41-31(22(3)4)33(26)47-35-27(17-28(39)32(42-35)25-13-10-11-14-29(25)40)34(43-36(47)48)45-19-24(6)46(20-23(45)5)37(49)50-38(7,8)9/h10-11,13-14,17-18,21-24H,12,15-16,19-20H2,1-9H3/t23-,24+/m0/s1. The van der Waals surface area contributed by atoms with E-state index >= 15 is 4.39 Å². The van der Waals surface area contributed by atoms with Crippen LogP contribution in [0.25, 0.3) is 28.0 Å². The monoisotopic (exact) mass is 703 g/mol. The van der Waals surface area contributed by atoms with Crippen LogP contribution in [0.1, 0.15) is 91.8 Å². The van der Waals surface area contributed by atoms with E-state index in [-0.39, 0.29) is 46.3 Å². The number of fused-ring (bicyclic) bond motifs is 1. The van der Waals surface area contributed by atoms with E-state index in [1.54, 1.807) is 33.7 Å². The minimum atomic E-state index is -0.635. The molecule has 0 spiro atoms. The summed E-state index contributed by atoms with van der Waals surface area (Å²) < 4.78 is 22.5. The molecule has 2 fully saturated rings. The fourth-order valence-electron chi connectivity index (χ4n) is 6.72. The topological polar surface area (TPSA) is 96.7 Å². The number of hydrogen-bond acceptors (Lipinski definition) is 8. The maximum Gasteiger partial charge on any atom is 0.410 e. The van der Waals surface area contributed by atoms with Crippen LogP contribution in [0.4, 0.5) is 20.8 Å². The third-order valence-electron chi connectivity index (χ3n) is 9.42. The zero-order chi connectivity index (χ0) is 36.2. The molecule has 2 aliphatic heterocycles. The predicted molar refractivity (Wildman–Crippen MR) is 198 cm³/mol. The summed E-state index contributed by atoms with van der Waals surface area (Å²) in [5.74, 6) is 0.818. The number of rotatable bonds is 6. The van der Waals surface area contributed by atoms with Gasteiger partial charge >= 0.3 is 11.8 Å². The van der Waals surface area contributed by atoms with Gasteiger partial charge in [0, 0.05) is 43.8 Å². The molecular weight excluding hydrogens is 657 g/mol. The van der Waals surface area contributed by atoms with Crippen molar-refractivity contribution in [3.63, 3.8) is 0 Å². The van der Waals surface area contributed by atoms with E-state index in [2.05, 4.69) is 38.7 Å². The van der Waals surface area contributed by atoms with Crippen molar-refractivity contribution in [2.75, 3.05) is 36.0 Å². The van der Waals surface area contributed by atoms with Gasteiger partial charge in [0.2, 0.25) is 0 Å². The van der Waals surface area contributed by atoms with Gasteiger partial charge in [0.1, 0.15) is 23.1 Å². The van der Waals surface area contributed by atoms with E-state index in [1.165, 1.54) is 6.07 Å². The minimum absolute atomic E-state index is 0.0345. The van der Waals surface area contributed by atoms with E-state index in [1.807, 2.05) is 39.5 Å². The zero-order valence-electron chi connectivity index (χ0n) is 30.4. The minimum Gasteiger partial charge on any atom is -0.444 e. The Morgan fingerprint density at radius 3 is 2.28 bits per heavy atom. The SMILES string of the molecule is CC(C)c1cc(N2CCC2)nc(C(C)C)c1-n1c(=O)nc(N2C[C@@H](C)N(C(=O)OC(C)(C)C)C[C@@H]2C)c2cc(Cl)c(-c3ccccc3F)nc21. The van der Waals surface area contributed by atoms with Crippen LogP contribution in [0.2, 0.25) is 5.02 Å². The lowest BCUT2D eigenvalue weighted by Gasteiger charge is -2.44. The molecule has 1 aromatic carbocycles. The molecule has 10 nitrogen and oxygen atoms in total. The Hall–Kier alpha value is -4.25. The average Bonchev–Trinajstić information content (AvgIpc) is 3.00. The molecule has 0 radical (unpaired) electrons. The highest BCUT2D eigenvalue weighted by Gasteiger charge is 2.37. The number of aromatic nitrogens is 4. The smallest absolute Gasteiger partial charge is 0.410 e. The molecule has 2 aliphatic rings. The van der Waals surface area contributed by atoms with Crippen LogP contribution in [-0.2, 0) is 4.74 Å². The summed E-state index contributed by atoms with van der Waals surface area (Å²) in [6, 6.07) is 9.65. The molecule has 5 heterocycles. The van der Waals surface area contributed by atoms with Crippen LogP contribution in [0.5, 0.6) is 0 Å². The summed E-state index contributed by atoms with van der Waals surface area (Å²) in [6.45, 7) is 20.4. The number of carbonyl (C=O) groups excluding carboxylic acids is 1. The molecule has 0 unspecified atom stereocenters. The van der Waals surface area contributed by atoms with Gasteiger partial charge in [-0.3, -0.25) is 0 Å². The average molecular weight is 704 g/mol. The first-order chi connectivity index (χ1) is 23.6. The van der Waals surface area contributed by atoms with Crippen molar-refractivity contribution in [3.05, 3.63) is 69.0 Å². The molecule has 0 bridgehead atoms. The van der Waals surface area contributed by atoms with Crippen LogP contribution in [-0.4, -0.2) is 74.4 Å². The number of pyridine rings is 2. The first-order valence-electron chi connectivity index (χ1n) is 17.5. The number of anilines is 2. The van der Waals surface area contributed by atoms with Crippen molar-refractivity contribution in [2.45, 2.75) is 98.3 Å². The van der Waals surface area contributed by atoms with Crippen LogP contribution in [0, 0.1) is 5.82 Å². The Labute approximate surface area is 298 Å². The van der Waals surface area contributed by atoms with Gasteiger partial charge in [-0.15, -0.1) is 0 Å². The number of ether oxygens (including phenoxy) is 1. The Kier molecular flexibility index (Phi) is 9.58. The molecule has 266 valence electrons. The van der Waals surface area contributed by atoms with Gasteiger partial charge in [-0.2, -0.15) is 4.98 Å². The van der Waals surface area contributed by atoms with E-state index in [0.717, 1.165) is 36.6 Å². The number of carbonyl (C=O) groups is 1. The van der Waals surface area contributed by atoms with E-state index in [9.17, 15) is 9.59 Å². The van der Waals surface area contributed by atoms with Crippen LogP contribution in [0.3, 0.4) is 0 Å². The van der Waals surface area contributed by atoms with E-state index in [4.69, 9.17) is 31.3 Å². The van der Waals surface area contributed by atoms with E-state index < -0.39 is 17.1 Å². The molecule has 3 aromatic heterocycles. The Balaban J connectivity index is 1.60. The molecule has 12 heteroatoms. The largest absolute Gasteiger partial charge is 0.444 e. The van der Waals surface area contributed by atoms with Gasteiger partial charge in [-0.25, -0.2) is 28.5 Å². The van der Waals surface area contributed by atoms with Gasteiger partial charge in [0.05, 0.1) is 27.5 Å². The normalized spacial score (nSPS) is 18.3. The number of hydrogen-bond donors (Lipinski definition) is 0. The summed E-state index contributed by atoms with van der Waals surface area (Å²) in [5.41, 5.74) is 1.93. The third-order valence-corrected chi connectivity index (χ3v) is 9.71. The second-order valence-electron chi connectivity index (χ2n) is 15.2.